The van der Waals surface area contributed by atoms with Crippen molar-refractivity contribution in [2.75, 3.05) is 11.9 Å². The number of non-ortho nitro benzene ring substituents is 1. The van der Waals surface area contributed by atoms with E-state index in [2.05, 4.69) is 10.4 Å². The van der Waals surface area contributed by atoms with Gasteiger partial charge in [-0.3, -0.25) is 14.9 Å². The number of alkyl halides is 2. The lowest BCUT2D eigenvalue weighted by Crippen LogP contribution is -2.25. The minimum absolute atomic E-state index is 0.0605. The highest BCUT2D eigenvalue weighted by atomic mass is 19.3. The summed E-state index contributed by atoms with van der Waals surface area (Å²) in [5.41, 5.74) is -0.176. The number of halogens is 2. The summed E-state index contributed by atoms with van der Waals surface area (Å²) in [7, 11) is 0. The molecule has 0 fully saturated rings. The SMILES string of the molecule is Cc1cc([N+](=O)[O-])nn1C(C)C(=O)Nc1cc(OCC(F)F)cc([N+](=O)[O-])c1. The first-order chi connectivity index (χ1) is 13.1. The Kier molecular flexibility index (Phi) is 6.18. The van der Waals surface area contributed by atoms with Crippen molar-refractivity contribution in [2.45, 2.75) is 26.3 Å². The molecule has 1 atom stereocenters. The van der Waals surface area contributed by atoms with Crippen LogP contribution in [0.15, 0.2) is 24.3 Å². The van der Waals surface area contributed by atoms with Gasteiger partial charge >= 0.3 is 5.82 Å². The van der Waals surface area contributed by atoms with Crippen molar-refractivity contribution in [2.24, 2.45) is 0 Å². The summed E-state index contributed by atoms with van der Waals surface area (Å²) < 4.78 is 30.5. The maximum absolute atomic E-state index is 12.4. The molecule has 0 saturated carbocycles. The van der Waals surface area contributed by atoms with Crippen LogP contribution in [0.3, 0.4) is 0 Å². The van der Waals surface area contributed by atoms with Crippen molar-refractivity contribution in [1.82, 2.24) is 9.78 Å². The molecular weight excluding hydrogens is 384 g/mol. The first-order valence-electron chi connectivity index (χ1n) is 7.80. The predicted octanol–water partition coefficient (Wildman–Crippen LogP) is 2.85. The average Bonchev–Trinajstić information content (AvgIpc) is 3.01. The Morgan fingerprint density at radius 3 is 2.46 bits per heavy atom. The lowest BCUT2D eigenvalue weighted by Gasteiger charge is -2.13. The van der Waals surface area contributed by atoms with Crippen LogP contribution in [0.1, 0.15) is 18.7 Å². The Balaban J connectivity index is 2.24. The molecule has 1 N–H and O–H groups in total. The van der Waals surface area contributed by atoms with E-state index in [0.717, 1.165) is 22.9 Å². The Bertz CT molecular complexity index is 916. The van der Waals surface area contributed by atoms with Crippen molar-refractivity contribution in [1.29, 1.82) is 0 Å². The van der Waals surface area contributed by atoms with Gasteiger partial charge in [0.15, 0.2) is 0 Å². The molecule has 0 aliphatic carbocycles. The number of nitrogens with zero attached hydrogens (tertiary/aromatic N) is 4. The molecule has 28 heavy (non-hydrogen) atoms. The molecule has 0 radical (unpaired) electrons. The summed E-state index contributed by atoms with van der Waals surface area (Å²) in [6.07, 6.45) is -2.78. The molecule has 150 valence electrons. The standard InChI is InChI=1S/C15H15F2N5O6/c1-8-3-14(22(26)27)19-20(8)9(2)15(23)18-10-4-11(21(24)25)6-12(5-10)28-7-13(16)17/h3-6,9,13H,7H2,1-2H3,(H,18,23). The fraction of sp³-hybridized carbons (Fsp3) is 0.333. The number of nitro benzene ring substituents is 1. The van der Waals surface area contributed by atoms with Crippen molar-refractivity contribution in [3.8, 4) is 5.75 Å². The summed E-state index contributed by atoms with van der Waals surface area (Å²) in [6.45, 7) is 1.97. The number of anilines is 1. The Morgan fingerprint density at radius 2 is 1.93 bits per heavy atom. The highest BCUT2D eigenvalue weighted by Crippen LogP contribution is 2.27. The number of nitrogens with one attached hydrogen (secondary N) is 1. The van der Waals surface area contributed by atoms with E-state index in [4.69, 9.17) is 4.74 Å². The molecule has 2 aromatic rings. The van der Waals surface area contributed by atoms with Gasteiger partial charge in [0.25, 0.3) is 18.0 Å². The molecule has 13 heteroatoms. The average molecular weight is 399 g/mol. The Morgan fingerprint density at radius 1 is 1.25 bits per heavy atom. The number of ether oxygens (including phenoxy) is 1. The van der Waals surface area contributed by atoms with E-state index in [1.165, 1.54) is 19.9 Å². The maximum Gasteiger partial charge on any atom is 0.390 e. The third-order valence-electron chi connectivity index (χ3n) is 3.59. The summed E-state index contributed by atoms with van der Waals surface area (Å²) in [5.74, 6) is -1.33. The van der Waals surface area contributed by atoms with Gasteiger partial charge in [0.05, 0.1) is 33.5 Å². The summed E-state index contributed by atoms with van der Waals surface area (Å²) in [4.78, 5) is 32.8. The van der Waals surface area contributed by atoms with Crippen LogP contribution in [0.5, 0.6) is 5.75 Å². The van der Waals surface area contributed by atoms with E-state index in [1.54, 1.807) is 0 Å². The summed E-state index contributed by atoms with van der Waals surface area (Å²) >= 11 is 0. The minimum Gasteiger partial charge on any atom is -0.487 e. The van der Waals surface area contributed by atoms with Gasteiger partial charge in [-0.2, -0.15) is 4.68 Å². The van der Waals surface area contributed by atoms with Crippen LogP contribution in [0.2, 0.25) is 0 Å². The predicted molar refractivity (Wildman–Crippen MR) is 91.6 cm³/mol. The van der Waals surface area contributed by atoms with Crippen molar-refractivity contribution in [3.05, 3.63) is 50.2 Å². The van der Waals surface area contributed by atoms with Gasteiger partial charge in [-0.15, -0.1) is 0 Å². The third kappa shape index (κ3) is 4.96. The molecule has 1 heterocycles. The topological polar surface area (TPSA) is 142 Å². The number of nitro groups is 2. The van der Waals surface area contributed by atoms with E-state index in [0.29, 0.717) is 5.69 Å². The van der Waals surface area contributed by atoms with E-state index in [9.17, 15) is 33.8 Å². The number of rotatable bonds is 8. The molecule has 11 nitrogen and oxygen atoms in total. The van der Waals surface area contributed by atoms with Crippen molar-refractivity contribution < 1.29 is 28.2 Å². The number of carbonyl (C=O) groups is 1. The van der Waals surface area contributed by atoms with Crippen LogP contribution in [-0.2, 0) is 4.79 Å². The number of aromatic nitrogens is 2. The molecular formula is C15H15F2N5O6. The third-order valence-corrected chi connectivity index (χ3v) is 3.59. The fourth-order valence-electron chi connectivity index (χ4n) is 2.31. The highest BCUT2D eigenvalue weighted by molar-refractivity contribution is 5.94. The number of hydrogen-bond donors (Lipinski definition) is 1. The lowest BCUT2D eigenvalue weighted by atomic mass is 10.2. The second-order valence-electron chi connectivity index (χ2n) is 5.69. The molecule has 0 saturated heterocycles. The van der Waals surface area contributed by atoms with Crippen LogP contribution < -0.4 is 10.1 Å². The normalized spacial score (nSPS) is 11.9. The fourth-order valence-corrected chi connectivity index (χ4v) is 2.31. The lowest BCUT2D eigenvalue weighted by molar-refractivity contribution is -0.389. The quantitative estimate of drug-likeness (QED) is 0.531. The van der Waals surface area contributed by atoms with E-state index < -0.39 is 46.3 Å². The van der Waals surface area contributed by atoms with E-state index in [-0.39, 0.29) is 11.4 Å². The number of carbonyl (C=O) groups excluding carboxylic acids is 1. The highest BCUT2D eigenvalue weighted by Gasteiger charge is 2.25. The molecule has 0 aliphatic heterocycles. The molecule has 1 aromatic heterocycles. The maximum atomic E-state index is 12.4. The molecule has 0 spiro atoms. The second-order valence-corrected chi connectivity index (χ2v) is 5.69. The number of amides is 1. The summed E-state index contributed by atoms with van der Waals surface area (Å²) in [6, 6.07) is 3.32. The number of benzene rings is 1. The van der Waals surface area contributed by atoms with Gasteiger partial charge in [0.2, 0.25) is 0 Å². The summed E-state index contributed by atoms with van der Waals surface area (Å²) in [5, 5.41) is 27.9. The van der Waals surface area contributed by atoms with Gasteiger partial charge in [0.1, 0.15) is 18.4 Å². The molecule has 1 unspecified atom stereocenters. The monoisotopic (exact) mass is 399 g/mol. The first kappa shape index (κ1) is 20.7. The minimum atomic E-state index is -2.78. The van der Waals surface area contributed by atoms with E-state index >= 15 is 0 Å². The molecule has 2 rings (SSSR count). The zero-order valence-corrected chi connectivity index (χ0v) is 14.7. The van der Waals surface area contributed by atoms with E-state index in [1.807, 2.05) is 0 Å². The van der Waals surface area contributed by atoms with Crippen molar-refractivity contribution in [3.63, 3.8) is 0 Å². The van der Waals surface area contributed by atoms with Gasteiger partial charge in [-0.05, 0) is 18.8 Å². The Hall–Kier alpha value is -3.64. The number of aryl methyl sites for hydroxylation is 1. The molecule has 1 aromatic carbocycles. The zero-order chi connectivity index (χ0) is 21.0. The molecule has 0 aliphatic rings. The van der Waals surface area contributed by atoms with Crippen LogP contribution in [-0.4, -0.2) is 38.6 Å². The van der Waals surface area contributed by atoms with Gasteiger partial charge in [0, 0.05) is 12.1 Å². The van der Waals surface area contributed by atoms with Crippen molar-refractivity contribution >= 4 is 23.1 Å². The molecule has 1 amide bonds. The van der Waals surface area contributed by atoms with Crippen LogP contribution in [0.25, 0.3) is 0 Å². The van der Waals surface area contributed by atoms with Crippen LogP contribution in [0.4, 0.5) is 26.0 Å². The Labute approximate surface area is 156 Å². The number of hydrogen-bond acceptors (Lipinski definition) is 7. The van der Waals surface area contributed by atoms with Gasteiger partial charge < -0.3 is 20.2 Å². The smallest absolute Gasteiger partial charge is 0.390 e. The van der Waals surface area contributed by atoms with Crippen LogP contribution in [0, 0.1) is 27.2 Å². The van der Waals surface area contributed by atoms with Gasteiger partial charge in [-0.25, -0.2) is 8.78 Å². The van der Waals surface area contributed by atoms with Gasteiger partial charge in [-0.1, -0.05) is 0 Å². The second kappa shape index (κ2) is 8.37. The van der Waals surface area contributed by atoms with Crippen LogP contribution >= 0.6 is 0 Å². The first-order valence-corrected chi connectivity index (χ1v) is 7.80. The largest absolute Gasteiger partial charge is 0.487 e. The molecule has 0 bridgehead atoms. The zero-order valence-electron chi connectivity index (χ0n) is 14.7.